The molecule has 3 nitrogen and oxygen atoms in total. The molecular formula is C26H26N2OS. The summed E-state index contributed by atoms with van der Waals surface area (Å²) in [6.07, 6.45) is 2.02. The molecule has 1 heterocycles. The molecule has 1 aromatic heterocycles. The van der Waals surface area contributed by atoms with E-state index in [4.69, 9.17) is 0 Å². The number of thioether (sulfide) groups is 1. The topological polar surface area (TPSA) is 36.1 Å². The van der Waals surface area contributed by atoms with Gasteiger partial charge in [0.15, 0.2) is 0 Å². The van der Waals surface area contributed by atoms with E-state index in [-0.39, 0.29) is 5.91 Å². The van der Waals surface area contributed by atoms with E-state index < -0.39 is 0 Å². The second kappa shape index (κ2) is 9.68. The number of H-pyrrole nitrogens is 1. The number of unbranched alkanes of at least 4 members (excludes halogenated alkanes) is 1. The monoisotopic (exact) mass is 414 g/mol. The Hall–Kier alpha value is -2.98. The molecule has 0 aliphatic heterocycles. The normalized spacial score (nSPS) is 11.0. The summed E-state index contributed by atoms with van der Waals surface area (Å²) in [6.45, 7) is 2.86. The minimum atomic E-state index is 0.0179. The molecule has 0 saturated heterocycles. The van der Waals surface area contributed by atoms with Crippen LogP contribution in [0.25, 0.3) is 10.9 Å². The number of carbonyl (C=O) groups is 1. The fourth-order valence-electron chi connectivity index (χ4n) is 3.47. The fourth-order valence-corrected chi connectivity index (χ4v) is 4.37. The molecule has 0 bridgehead atoms. The summed E-state index contributed by atoms with van der Waals surface area (Å²) in [5.41, 5.74) is 3.87. The van der Waals surface area contributed by atoms with Gasteiger partial charge in [-0.05, 0) is 48.4 Å². The third kappa shape index (κ3) is 4.77. The summed E-state index contributed by atoms with van der Waals surface area (Å²) in [5.74, 6) is 0.950. The van der Waals surface area contributed by atoms with Gasteiger partial charge >= 0.3 is 0 Å². The number of anilines is 1. The minimum Gasteiger partial charge on any atom is -0.351 e. The summed E-state index contributed by atoms with van der Waals surface area (Å²) >= 11 is 1.81. The van der Waals surface area contributed by atoms with Crippen LogP contribution < -0.4 is 4.90 Å². The largest absolute Gasteiger partial charge is 0.351 e. The Kier molecular flexibility index (Phi) is 6.55. The number of amides is 1. The Labute approximate surface area is 182 Å². The van der Waals surface area contributed by atoms with Crippen molar-refractivity contribution in [2.24, 2.45) is 0 Å². The summed E-state index contributed by atoms with van der Waals surface area (Å²) in [5, 5.41) is 1.07. The summed E-state index contributed by atoms with van der Waals surface area (Å²) < 4.78 is 0. The van der Waals surface area contributed by atoms with Crippen LogP contribution in [0.2, 0.25) is 0 Å². The number of hydrogen-bond acceptors (Lipinski definition) is 2. The van der Waals surface area contributed by atoms with E-state index in [1.54, 1.807) is 0 Å². The van der Waals surface area contributed by atoms with Crippen molar-refractivity contribution in [3.63, 3.8) is 0 Å². The van der Waals surface area contributed by atoms with Crippen molar-refractivity contribution in [2.45, 2.75) is 30.4 Å². The number of fused-ring (bicyclic) bond motifs is 1. The average Bonchev–Trinajstić information content (AvgIpc) is 3.23. The number of nitrogens with zero attached hydrogens (tertiary/aromatic N) is 1. The Morgan fingerprint density at radius 2 is 1.67 bits per heavy atom. The van der Waals surface area contributed by atoms with Gasteiger partial charge in [0.2, 0.25) is 0 Å². The van der Waals surface area contributed by atoms with E-state index in [0.29, 0.717) is 12.2 Å². The lowest BCUT2D eigenvalue weighted by Crippen LogP contribution is -2.32. The Morgan fingerprint density at radius 1 is 0.933 bits per heavy atom. The SMILES string of the molecule is CCCCN(C(=O)c1cc2cc(SCc3ccccc3)ccc2[nH]1)c1ccccc1. The molecule has 3 aromatic carbocycles. The third-order valence-electron chi connectivity index (χ3n) is 5.12. The quantitative estimate of drug-likeness (QED) is 0.318. The van der Waals surface area contributed by atoms with Crippen LogP contribution in [0.4, 0.5) is 5.69 Å². The van der Waals surface area contributed by atoms with E-state index in [1.165, 1.54) is 10.5 Å². The first kappa shape index (κ1) is 20.3. The zero-order chi connectivity index (χ0) is 20.8. The first-order valence-electron chi connectivity index (χ1n) is 10.4. The zero-order valence-electron chi connectivity index (χ0n) is 17.2. The average molecular weight is 415 g/mol. The van der Waals surface area contributed by atoms with Crippen molar-refractivity contribution in [3.05, 3.63) is 96.2 Å². The molecule has 0 saturated carbocycles. The van der Waals surface area contributed by atoms with Gasteiger partial charge in [0, 0.05) is 33.8 Å². The maximum Gasteiger partial charge on any atom is 0.274 e. The van der Waals surface area contributed by atoms with Gasteiger partial charge < -0.3 is 9.88 Å². The summed E-state index contributed by atoms with van der Waals surface area (Å²) in [7, 11) is 0. The van der Waals surface area contributed by atoms with Gasteiger partial charge in [0.25, 0.3) is 5.91 Å². The van der Waals surface area contributed by atoms with Crippen LogP contribution >= 0.6 is 11.8 Å². The number of nitrogens with one attached hydrogen (secondary N) is 1. The molecule has 0 radical (unpaired) electrons. The fraction of sp³-hybridized carbons (Fsp3) is 0.192. The number of rotatable bonds is 8. The van der Waals surface area contributed by atoms with Crippen LogP contribution in [0.3, 0.4) is 0 Å². The molecule has 0 atom stereocenters. The number of benzene rings is 3. The van der Waals surface area contributed by atoms with Crippen LogP contribution in [0, 0.1) is 0 Å². The standard InChI is InChI=1S/C26H26N2OS/c1-2-3-16-28(22-12-8-5-9-13-22)26(29)25-18-21-17-23(14-15-24(21)27-25)30-19-20-10-6-4-7-11-20/h4-15,17-18,27H,2-3,16,19H2,1H3. The molecule has 0 spiro atoms. The molecule has 4 aromatic rings. The maximum atomic E-state index is 13.3. The van der Waals surface area contributed by atoms with E-state index in [0.717, 1.165) is 35.2 Å². The van der Waals surface area contributed by atoms with E-state index in [2.05, 4.69) is 54.4 Å². The molecular weight excluding hydrogens is 388 g/mol. The van der Waals surface area contributed by atoms with Crippen molar-refractivity contribution in [3.8, 4) is 0 Å². The van der Waals surface area contributed by atoms with Crippen LogP contribution in [0.5, 0.6) is 0 Å². The van der Waals surface area contributed by atoms with Crippen molar-refractivity contribution in [1.29, 1.82) is 0 Å². The molecule has 4 rings (SSSR count). The molecule has 0 aliphatic carbocycles. The molecule has 1 amide bonds. The van der Waals surface area contributed by atoms with Gasteiger partial charge in [-0.15, -0.1) is 11.8 Å². The molecule has 4 heteroatoms. The number of hydrogen-bond donors (Lipinski definition) is 1. The Bertz CT molecular complexity index is 1110. The third-order valence-corrected chi connectivity index (χ3v) is 6.18. The van der Waals surface area contributed by atoms with Crippen LogP contribution in [0.15, 0.2) is 89.8 Å². The maximum absolute atomic E-state index is 13.3. The van der Waals surface area contributed by atoms with Crippen LogP contribution in [0.1, 0.15) is 35.8 Å². The first-order chi connectivity index (χ1) is 14.7. The van der Waals surface area contributed by atoms with Crippen molar-refractivity contribution in [1.82, 2.24) is 4.98 Å². The van der Waals surface area contributed by atoms with Crippen LogP contribution in [-0.4, -0.2) is 17.4 Å². The number of aromatic amines is 1. The van der Waals surface area contributed by atoms with Gasteiger partial charge in [-0.1, -0.05) is 61.9 Å². The number of aromatic nitrogens is 1. The van der Waals surface area contributed by atoms with Gasteiger partial charge in [-0.2, -0.15) is 0 Å². The van der Waals surface area contributed by atoms with Crippen molar-refractivity contribution >= 4 is 34.3 Å². The summed E-state index contributed by atoms with van der Waals surface area (Å²) in [4.78, 5) is 19.7. The predicted molar refractivity (Wildman–Crippen MR) is 127 cm³/mol. The number of carbonyl (C=O) groups excluding carboxylic acids is 1. The van der Waals surface area contributed by atoms with Crippen molar-refractivity contribution in [2.75, 3.05) is 11.4 Å². The highest BCUT2D eigenvalue weighted by Crippen LogP contribution is 2.28. The first-order valence-corrected chi connectivity index (χ1v) is 11.4. The van der Waals surface area contributed by atoms with E-state index in [9.17, 15) is 4.79 Å². The van der Waals surface area contributed by atoms with Crippen molar-refractivity contribution < 1.29 is 4.79 Å². The lowest BCUT2D eigenvalue weighted by Gasteiger charge is -2.22. The predicted octanol–water partition coefficient (Wildman–Crippen LogP) is 6.91. The van der Waals surface area contributed by atoms with E-state index in [1.807, 2.05) is 59.1 Å². The molecule has 0 unspecified atom stereocenters. The smallest absolute Gasteiger partial charge is 0.274 e. The molecule has 0 fully saturated rings. The molecule has 1 N–H and O–H groups in total. The van der Waals surface area contributed by atoms with Gasteiger partial charge in [0.05, 0.1) is 0 Å². The molecule has 0 aliphatic rings. The zero-order valence-corrected chi connectivity index (χ0v) is 18.0. The highest BCUT2D eigenvalue weighted by Gasteiger charge is 2.19. The van der Waals surface area contributed by atoms with Gasteiger partial charge in [-0.3, -0.25) is 4.79 Å². The number of para-hydroxylation sites is 1. The van der Waals surface area contributed by atoms with E-state index >= 15 is 0 Å². The molecule has 30 heavy (non-hydrogen) atoms. The van der Waals surface area contributed by atoms with Gasteiger partial charge in [-0.25, -0.2) is 0 Å². The second-order valence-corrected chi connectivity index (χ2v) is 8.40. The lowest BCUT2D eigenvalue weighted by atomic mass is 10.2. The second-order valence-electron chi connectivity index (χ2n) is 7.35. The Balaban J connectivity index is 1.55. The highest BCUT2D eigenvalue weighted by atomic mass is 32.2. The summed E-state index contributed by atoms with van der Waals surface area (Å²) in [6, 6.07) is 28.7. The molecule has 152 valence electrons. The minimum absolute atomic E-state index is 0.0179. The Morgan fingerprint density at radius 3 is 2.40 bits per heavy atom. The lowest BCUT2D eigenvalue weighted by molar-refractivity contribution is 0.0982. The van der Waals surface area contributed by atoms with Gasteiger partial charge in [0.1, 0.15) is 5.69 Å². The van der Waals surface area contributed by atoms with Crippen LogP contribution in [-0.2, 0) is 5.75 Å². The highest BCUT2D eigenvalue weighted by molar-refractivity contribution is 7.98.